The third-order valence-electron chi connectivity index (χ3n) is 10.1. The molecule has 228 valence electrons. The molecule has 10 nitrogen and oxygen atoms in total. The second-order valence-corrected chi connectivity index (χ2v) is 13.6. The highest BCUT2D eigenvalue weighted by atomic mass is 16.6. The van der Waals surface area contributed by atoms with E-state index in [1.807, 2.05) is 42.2 Å². The summed E-state index contributed by atoms with van der Waals surface area (Å²) in [5.74, 6) is -2.05. The number of nitrogens with zero attached hydrogens (tertiary/aromatic N) is 3. The number of hydrogen-bond acceptors (Lipinski definition) is 8. The van der Waals surface area contributed by atoms with Crippen LogP contribution in [0.5, 0.6) is 0 Å². The zero-order valence-electron chi connectivity index (χ0n) is 25.1. The van der Waals surface area contributed by atoms with E-state index in [-0.39, 0.29) is 42.0 Å². The van der Waals surface area contributed by atoms with Gasteiger partial charge in [0.15, 0.2) is 0 Å². The van der Waals surface area contributed by atoms with Crippen molar-refractivity contribution in [2.45, 2.75) is 101 Å². The van der Waals surface area contributed by atoms with Crippen molar-refractivity contribution in [3.8, 4) is 6.07 Å². The molecule has 42 heavy (non-hydrogen) atoms. The van der Waals surface area contributed by atoms with Crippen molar-refractivity contribution >= 4 is 19.1 Å². The van der Waals surface area contributed by atoms with Crippen LogP contribution in [0.25, 0.3) is 0 Å². The molecule has 1 unspecified atom stereocenters. The predicted octanol–water partition coefficient (Wildman–Crippen LogP) is 2.67. The van der Waals surface area contributed by atoms with E-state index in [0.717, 1.165) is 44.3 Å². The summed E-state index contributed by atoms with van der Waals surface area (Å²) >= 11 is 0. The molecule has 1 saturated carbocycles. The summed E-state index contributed by atoms with van der Waals surface area (Å²) in [7, 11) is -1.76. The number of nitriles is 1. The molecule has 3 atom stereocenters. The Kier molecular flexibility index (Phi) is 8.91. The normalized spacial score (nSPS) is 26.8. The van der Waals surface area contributed by atoms with E-state index in [1.54, 1.807) is 0 Å². The van der Waals surface area contributed by atoms with E-state index >= 15 is 0 Å². The van der Waals surface area contributed by atoms with Gasteiger partial charge < -0.3 is 29.7 Å². The first kappa shape index (κ1) is 30.8. The summed E-state index contributed by atoms with van der Waals surface area (Å²) in [5, 5.41) is 32.5. The number of morpholine rings is 1. The first-order valence-electron chi connectivity index (χ1n) is 15.4. The van der Waals surface area contributed by atoms with Gasteiger partial charge in [0.05, 0.1) is 29.8 Å². The third-order valence-corrected chi connectivity index (χ3v) is 10.1. The van der Waals surface area contributed by atoms with E-state index in [4.69, 9.17) is 9.47 Å². The lowest BCUT2D eigenvalue weighted by Gasteiger charge is -2.45. The number of hydrogen-bond donors (Lipinski definition) is 3. The SMILES string of the molecule is C[C@@H](CC(C)(C)N1CCOC2(CC2)C1)C(C#N)C(=O)N1C2CCC1(COC(=O)N[C@@H](Cc1ccccc1)B(O)O)CC2. The van der Waals surface area contributed by atoms with Gasteiger partial charge in [0.1, 0.15) is 12.5 Å². The number of ether oxygens (including phenoxy) is 2. The molecule has 4 fully saturated rings. The third kappa shape index (κ3) is 6.47. The van der Waals surface area contributed by atoms with Gasteiger partial charge in [-0.15, -0.1) is 0 Å². The molecule has 11 heteroatoms. The molecule has 3 heterocycles. The summed E-state index contributed by atoms with van der Waals surface area (Å²) in [6.45, 7) is 8.87. The van der Waals surface area contributed by atoms with Crippen LogP contribution >= 0.6 is 0 Å². The number of fused-ring (bicyclic) bond motifs is 2. The fourth-order valence-corrected chi connectivity index (χ4v) is 7.56. The van der Waals surface area contributed by atoms with E-state index in [2.05, 4.69) is 30.1 Å². The Morgan fingerprint density at radius 1 is 1.21 bits per heavy atom. The van der Waals surface area contributed by atoms with Crippen LogP contribution in [-0.4, -0.2) is 93.9 Å². The quantitative estimate of drug-likeness (QED) is 0.340. The van der Waals surface area contributed by atoms with Gasteiger partial charge in [-0.2, -0.15) is 5.26 Å². The van der Waals surface area contributed by atoms with Gasteiger partial charge in [0.2, 0.25) is 5.91 Å². The lowest BCUT2D eigenvalue weighted by Crippen LogP contribution is -2.55. The van der Waals surface area contributed by atoms with E-state index < -0.39 is 30.6 Å². The first-order chi connectivity index (χ1) is 20.0. The van der Waals surface area contributed by atoms with Crippen LogP contribution in [0.3, 0.4) is 0 Å². The number of amides is 2. The lowest BCUT2D eigenvalue weighted by molar-refractivity contribution is -0.141. The molecule has 1 aliphatic carbocycles. The van der Waals surface area contributed by atoms with Gasteiger partial charge in [-0.3, -0.25) is 9.69 Å². The van der Waals surface area contributed by atoms with Crippen LogP contribution in [0.2, 0.25) is 0 Å². The molecule has 1 aromatic rings. The zero-order valence-corrected chi connectivity index (χ0v) is 25.1. The van der Waals surface area contributed by atoms with Crippen molar-refractivity contribution < 1.29 is 29.1 Å². The van der Waals surface area contributed by atoms with Gasteiger partial charge in [-0.05, 0) is 76.7 Å². The Bertz CT molecular complexity index is 1160. The van der Waals surface area contributed by atoms with Gasteiger partial charge in [0.25, 0.3) is 0 Å². The maximum atomic E-state index is 14.0. The Labute approximate surface area is 249 Å². The number of benzene rings is 1. The minimum absolute atomic E-state index is 0.00740. The molecule has 1 spiro atoms. The van der Waals surface area contributed by atoms with Crippen LogP contribution in [0.4, 0.5) is 4.79 Å². The fraction of sp³-hybridized carbons (Fsp3) is 0.710. The predicted molar refractivity (Wildman–Crippen MR) is 157 cm³/mol. The van der Waals surface area contributed by atoms with Gasteiger partial charge in [-0.25, -0.2) is 4.79 Å². The highest BCUT2D eigenvalue weighted by Gasteiger charge is 2.56. The molecule has 0 aromatic heterocycles. The van der Waals surface area contributed by atoms with Crippen LogP contribution in [0.15, 0.2) is 30.3 Å². The van der Waals surface area contributed by atoms with Crippen molar-refractivity contribution in [2.24, 2.45) is 11.8 Å². The zero-order chi connectivity index (χ0) is 30.1. The van der Waals surface area contributed by atoms with Crippen molar-refractivity contribution in [2.75, 3.05) is 26.3 Å². The Morgan fingerprint density at radius 3 is 2.52 bits per heavy atom. The number of rotatable bonds is 11. The highest BCUT2D eigenvalue weighted by Crippen LogP contribution is 2.48. The Morgan fingerprint density at radius 2 is 1.90 bits per heavy atom. The van der Waals surface area contributed by atoms with E-state index in [9.17, 15) is 24.9 Å². The summed E-state index contributed by atoms with van der Waals surface area (Å²) in [6, 6.07) is 11.6. The van der Waals surface area contributed by atoms with Crippen molar-refractivity contribution in [3.05, 3.63) is 35.9 Å². The molecule has 2 bridgehead atoms. The summed E-state index contributed by atoms with van der Waals surface area (Å²) < 4.78 is 11.6. The summed E-state index contributed by atoms with van der Waals surface area (Å²) in [4.78, 5) is 31.1. The largest absolute Gasteiger partial charge is 0.475 e. The lowest BCUT2D eigenvalue weighted by atomic mass is 9.76. The average molecular weight is 581 g/mol. The maximum absolute atomic E-state index is 14.0. The average Bonchev–Trinajstić information content (AvgIpc) is 3.46. The van der Waals surface area contributed by atoms with Crippen LogP contribution in [-0.2, 0) is 20.7 Å². The Balaban J connectivity index is 1.20. The van der Waals surface area contributed by atoms with E-state index in [1.165, 1.54) is 0 Å². The summed E-state index contributed by atoms with van der Waals surface area (Å²) in [5.41, 5.74) is 0.0396. The molecule has 3 saturated heterocycles. The summed E-state index contributed by atoms with van der Waals surface area (Å²) in [6.07, 6.45) is 5.43. The highest BCUT2D eigenvalue weighted by molar-refractivity contribution is 6.43. The maximum Gasteiger partial charge on any atom is 0.475 e. The minimum atomic E-state index is -1.76. The molecule has 4 aliphatic rings. The van der Waals surface area contributed by atoms with Crippen molar-refractivity contribution in [1.29, 1.82) is 5.26 Å². The molecule has 5 rings (SSSR count). The molecule has 1 aromatic carbocycles. The van der Waals surface area contributed by atoms with Gasteiger partial charge in [-0.1, -0.05) is 37.3 Å². The van der Waals surface area contributed by atoms with Crippen LogP contribution in [0.1, 0.15) is 71.3 Å². The second kappa shape index (κ2) is 12.2. The standard InChI is InChI=1S/C31H45BN4O6/c1-22(18-29(2,3)35-15-16-42-31(20-35)13-14-31)25(19-33)27(37)36-24-9-11-30(36,12-10-24)21-41-28(38)34-26(32(39)40)17-23-7-5-4-6-8-23/h4-8,22,24-26,39-40H,9-18,20-21H2,1-3H3,(H,34,38)/t22-,24?,25?,26-,30?/m0/s1. The van der Waals surface area contributed by atoms with Gasteiger partial charge in [0, 0.05) is 24.7 Å². The first-order valence-corrected chi connectivity index (χ1v) is 15.4. The molecule has 3 aliphatic heterocycles. The Hall–Kier alpha value is -2.65. The fourth-order valence-electron chi connectivity index (χ4n) is 7.56. The molecular weight excluding hydrogens is 535 g/mol. The number of carbonyl (C=O) groups is 2. The second-order valence-electron chi connectivity index (χ2n) is 13.6. The number of alkyl carbamates (subject to hydrolysis) is 1. The monoisotopic (exact) mass is 580 g/mol. The smallest absolute Gasteiger partial charge is 0.447 e. The molecule has 3 N–H and O–H groups in total. The van der Waals surface area contributed by atoms with Crippen LogP contribution < -0.4 is 5.32 Å². The number of carbonyl (C=O) groups excluding carboxylic acids is 2. The van der Waals surface area contributed by atoms with Gasteiger partial charge >= 0.3 is 13.2 Å². The van der Waals surface area contributed by atoms with Crippen molar-refractivity contribution in [1.82, 2.24) is 15.1 Å². The minimum Gasteiger partial charge on any atom is -0.447 e. The van der Waals surface area contributed by atoms with Crippen LogP contribution in [0, 0.1) is 23.2 Å². The topological polar surface area (TPSA) is 135 Å². The molecular formula is C31H45BN4O6. The molecule has 2 amide bonds. The number of nitrogens with one attached hydrogen (secondary N) is 1. The molecule has 0 radical (unpaired) electrons. The van der Waals surface area contributed by atoms with Crippen molar-refractivity contribution in [3.63, 3.8) is 0 Å². The van der Waals surface area contributed by atoms with E-state index in [0.29, 0.717) is 25.9 Å².